The number of rotatable bonds is 7. The largest absolute Gasteiger partial charge is 0.486 e. The van der Waals surface area contributed by atoms with Gasteiger partial charge >= 0.3 is 0 Å². The van der Waals surface area contributed by atoms with Gasteiger partial charge in [-0.3, -0.25) is 0 Å². The first kappa shape index (κ1) is 26.9. The molecule has 3 aliphatic rings. The molecule has 1 aromatic heterocycles. The van der Waals surface area contributed by atoms with E-state index in [9.17, 15) is 4.39 Å². The minimum absolute atomic E-state index is 0.0294. The van der Waals surface area contributed by atoms with Crippen LogP contribution in [-0.2, 0) is 6.42 Å². The summed E-state index contributed by atoms with van der Waals surface area (Å²) in [5.74, 6) is -0.296. The zero-order chi connectivity index (χ0) is 27.8. The van der Waals surface area contributed by atoms with Crippen molar-refractivity contribution in [3.63, 3.8) is 0 Å². The topological polar surface area (TPSA) is 44.7 Å². The van der Waals surface area contributed by atoms with E-state index in [2.05, 4.69) is 38.8 Å². The Bertz CT molecular complexity index is 1370. The van der Waals surface area contributed by atoms with Crippen molar-refractivity contribution in [1.29, 1.82) is 0 Å². The van der Waals surface area contributed by atoms with E-state index in [1.54, 1.807) is 12.1 Å². The van der Waals surface area contributed by atoms with E-state index >= 15 is 8.78 Å². The van der Waals surface area contributed by atoms with Crippen LogP contribution in [-0.4, -0.2) is 67.8 Å². The van der Waals surface area contributed by atoms with Gasteiger partial charge in [0.15, 0.2) is 17.4 Å². The van der Waals surface area contributed by atoms with Gasteiger partial charge in [-0.25, -0.2) is 23.1 Å². The molecule has 6 nitrogen and oxygen atoms in total. The van der Waals surface area contributed by atoms with Crippen LogP contribution >= 0.6 is 0 Å². The van der Waals surface area contributed by atoms with Gasteiger partial charge in [0.05, 0.1) is 24.1 Å². The van der Waals surface area contributed by atoms with Gasteiger partial charge in [0.2, 0.25) is 0 Å². The molecule has 3 aromatic rings. The van der Waals surface area contributed by atoms with Crippen LogP contribution in [0.1, 0.15) is 43.5 Å². The van der Waals surface area contributed by atoms with Crippen molar-refractivity contribution in [2.75, 3.05) is 56.7 Å². The quantitative estimate of drug-likeness (QED) is 0.377. The van der Waals surface area contributed by atoms with Gasteiger partial charge in [-0.05, 0) is 75.5 Å². The van der Waals surface area contributed by atoms with Crippen molar-refractivity contribution in [2.24, 2.45) is 5.92 Å². The van der Waals surface area contributed by atoms with E-state index in [-0.39, 0.29) is 23.7 Å². The van der Waals surface area contributed by atoms with Crippen LogP contribution in [0.5, 0.6) is 5.75 Å². The molecule has 6 rings (SSSR count). The third-order valence-electron chi connectivity index (χ3n) is 8.65. The zero-order valence-electron chi connectivity index (χ0n) is 23.2. The van der Waals surface area contributed by atoms with Crippen molar-refractivity contribution in [2.45, 2.75) is 44.6 Å². The van der Waals surface area contributed by atoms with Crippen LogP contribution < -0.4 is 14.5 Å². The lowest BCUT2D eigenvalue weighted by molar-refractivity contribution is 0.249. The van der Waals surface area contributed by atoms with Gasteiger partial charge in [0, 0.05) is 37.7 Å². The molecule has 2 aromatic carbocycles. The molecule has 0 radical (unpaired) electrons. The second-order valence-electron chi connectivity index (χ2n) is 11.5. The van der Waals surface area contributed by atoms with Gasteiger partial charge < -0.3 is 19.4 Å². The predicted molar refractivity (Wildman–Crippen MR) is 151 cm³/mol. The number of aromatic nitrogens is 2. The fraction of sp³-hybridized carbons (Fsp3) is 0.484. The first-order valence-electron chi connectivity index (χ1n) is 14.3. The van der Waals surface area contributed by atoms with Gasteiger partial charge in [-0.1, -0.05) is 12.5 Å². The molecule has 40 heavy (non-hydrogen) atoms. The van der Waals surface area contributed by atoms with Crippen molar-refractivity contribution in [1.82, 2.24) is 14.9 Å². The first-order valence-corrected chi connectivity index (χ1v) is 14.3. The maximum atomic E-state index is 15.2. The highest BCUT2D eigenvalue weighted by molar-refractivity contribution is 5.72. The molecule has 0 bridgehead atoms. The average Bonchev–Trinajstić information content (AvgIpc) is 2.92. The van der Waals surface area contributed by atoms with Crippen LogP contribution in [0.15, 0.2) is 36.5 Å². The molecule has 9 heteroatoms. The van der Waals surface area contributed by atoms with Crippen LogP contribution in [0.25, 0.3) is 11.3 Å². The van der Waals surface area contributed by atoms with Crippen molar-refractivity contribution in [3.8, 4) is 17.0 Å². The molecule has 1 saturated heterocycles. The first-order chi connectivity index (χ1) is 19.4. The van der Waals surface area contributed by atoms with Crippen LogP contribution in [0.2, 0.25) is 0 Å². The number of halogens is 3. The van der Waals surface area contributed by atoms with Crippen molar-refractivity contribution < 1.29 is 17.9 Å². The Labute approximate surface area is 233 Å². The summed E-state index contributed by atoms with van der Waals surface area (Å²) in [6.07, 6.45) is 6.91. The summed E-state index contributed by atoms with van der Waals surface area (Å²) < 4.78 is 50.9. The number of benzene rings is 2. The summed E-state index contributed by atoms with van der Waals surface area (Å²) in [5, 5.41) is 0. The number of anilines is 2. The third-order valence-corrected chi connectivity index (χ3v) is 8.65. The lowest BCUT2D eigenvalue weighted by atomic mass is 9.85. The normalized spacial score (nSPS) is 18.1. The van der Waals surface area contributed by atoms with Crippen molar-refractivity contribution >= 4 is 11.4 Å². The van der Waals surface area contributed by atoms with Gasteiger partial charge in [0.25, 0.3) is 0 Å². The molecule has 1 aliphatic carbocycles. The van der Waals surface area contributed by atoms with Crippen LogP contribution in [0.3, 0.4) is 0 Å². The number of fused-ring (bicyclic) bond motifs is 1. The maximum Gasteiger partial charge on any atom is 0.178 e. The Kier molecular flexibility index (Phi) is 7.57. The Morgan fingerprint density at radius 1 is 0.925 bits per heavy atom. The van der Waals surface area contributed by atoms with Gasteiger partial charge in [0.1, 0.15) is 23.9 Å². The molecule has 0 amide bonds. The lowest BCUT2D eigenvalue weighted by Crippen LogP contribution is -2.42. The molecular formula is C31H36F3N5O. The molecule has 0 unspecified atom stereocenters. The lowest BCUT2D eigenvalue weighted by Gasteiger charge is -2.37. The highest BCUT2D eigenvalue weighted by Crippen LogP contribution is 2.40. The predicted octanol–water partition coefficient (Wildman–Crippen LogP) is 5.68. The molecule has 2 fully saturated rings. The highest BCUT2D eigenvalue weighted by Gasteiger charge is 2.28. The van der Waals surface area contributed by atoms with Crippen molar-refractivity contribution in [3.05, 3.63) is 65.4 Å². The number of ether oxygens (including phenoxy) is 1. The van der Waals surface area contributed by atoms with E-state index in [1.165, 1.54) is 31.4 Å². The molecule has 0 N–H and O–H groups in total. The Morgan fingerprint density at radius 3 is 2.42 bits per heavy atom. The summed E-state index contributed by atoms with van der Waals surface area (Å²) in [6, 6.07) is 8.74. The van der Waals surface area contributed by atoms with E-state index in [1.807, 2.05) is 6.07 Å². The molecule has 3 heterocycles. The fourth-order valence-corrected chi connectivity index (χ4v) is 6.06. The summed E-state index contributed by atoms with van der Waals surface area (Å²) in [5.41, 5.74) is 2.30. The average molecular weight is 552 g/mol. The summed E-state index contributed by atoms with van der Waals surface area (Å²) in [4.78, 5) is 15.1. The Balaban J connectivity index is 1.22. The summed E-state index contributed by atoms with van der Waals surface area (Å²) >= 11 is 0. The summed E-state index contributed by atoms with van der Waals surface area (Å²) in [7, 11) is 4.17. The minimum atomic E-state index is -0.631. The van der Waals surface area contributed by atoms with Gasteiger partial charge in [-0.2, -0.15) is 0 Å². The zero-order valence-corrected chi connectivity index (χ0v) is 23.2. The fourth-order valence-electron chi connectivity index (χ4n) is 6.06. The van der Waals surface area contributed by atoms with E-state index in [0.717, 1.165) is 38.7 Å². The van der Waals surface area contributed by atoms with E-state index in [4.69, 9.17) is 4.74 Å². The smallest absolute Gasteiger partial charge is 0.178 e. The molecule has 212 valence electrons. The molecule has 0 atom stereocenters. The van der Waals surface area contributed by atoms with Gasteiger partial charge in [-0.15, -0.1) is 0 Å². The molecule has 2 aliphatic heterocycles. The number of hydrogen-bond acceptors (Lipinski definition) is 6. The second kappa shape index (κ2) is 11.3. The monoisotopic (exact) mass is 551 g/mol. The molecule has 0 spiro atoms. The highest BCUT2D eigenvalue weighted by atomic mass is 19.1. The minimum Gasteiger partial charge on any atom is -0.486 e. The maximum absolute atomic E-state index is 15.2. The Morgan fingerprint density at radius 2 is 1.73 bits per heavy atom. The van der Waals surface area contributed by atoms with E-state index in [0.29, 0.717) is 53.4 Å². The SMILES string of the molecule is CN(C)C1CCN(c2ccc(Cc3ncc(F)c(-c4cc(F)c5c(c4)N(CC4CCC4)CCO5)n3)cc2F)CC1. The third kappa shape index (κ3) is 5.48. The van der Waals surface area contributed by atoms with Crippen LogP contribution in [0, 0.1) is 23.4 Å². The molecular weight excluding hydrogens is 515 g/mol. The molecule has 1 saturated carbocycles. The Hall–Kier alpha value is -3.33. The summed E-state index contributed by atoms with van der Waals surface area (Å²) in [6.45, 7) is 3.55. The standard InChI is InChI=1S/C31H36F3N5O/c1-37(2)23-8-10-38(11-9-23)27-7-6-21(14-24(27)32)15-29-35-18-26(34)30(36-29)22-16-25(33)31-28(17-22)39(12-13-40-31)19-20-4-3-5-20/h6-7,14,16-18,20,23H,3-5,8-13,15,19H2,1-2H3. The second-order valence-corrected chi connectivity index (χ2v) is 11.5. The van der Waals surface area contributed by atoms with Crippen LogP contribution in [0.4, 0.5) is 24.5 Å². The number of hydrogen-bond donors (Lipinski definition) is 0. The number of nitrogens with zero attached hydrogens (tertiary/aromatic N) is 5. The van der Waals surface area contributed by atoms with E-state index < -0.39 is 11.6 Å². The number of piperidine rings is 1.